The van der Waals surface area contributed by atoms with Crippen molar-refractivity contribution in [2.24, 2.45) is 66.8 Å². The maximum atomic E-state index is 15.1. The van der Waals surface area contributed by atoms with E-state index in [9.17, 15) is 62.6 Å². The number of carboxylic acid groups (broad SMARTS) is 1. The molecule has 2 aromatic carbocycles. The van der Waals surface area contributed by atoms with Crippen LogP contribution in [0.5, 0.6) is 5.75 Å². The predicted molar refractivity (Wildman–Crippen MR) is 396 cm³/mol. The molecular formula is C67H105N23O16S. The fourth-order valence-electron chi connectivity index (χ4n) is 11.3. The van der Waals surface area contributed by atoms with E-state index in [2.05, 4.69) is 73.5 Å². The molecule has 2 heterocycles. The third kappa shape index (κ3) is 33.3. The number of benzene rings is 2. The minimum Gasteiger partial charge on any atom is -0.497 e. The zero-order chi connectivity index (χ0) is 79.1. The Balaban J connectivity index is 1.86. The summed E-state index contributed by atoms with van der Waals surface area (Å²) in [6.45, 7) is 1.95. The number of nitrogens with zero attached hydrogens (tertiary/aromatic N) is 4. The Morgan fingerprint density at radius 2 is 1.01 bits per heavy atom. The summed E-state index contributed by atoms with van der Waals surface area (Å²) in [5.41, 5.74) is 46.1. The van der Waals surface area contributed by atoms with Gasteiger partial charge in [0.25, 0.3) is 0 Å². The summed E-state index contributed by atoms with van der Waals surface area (Å²) >= 11 is 0.827. The van der Waals surface area contributed by atoms with Crippen molar-refractivity contribution in [1.29, 1.82) is 0 Å². The molecule has 0 spiro atoms. The average molecular weight is 1520 g/mol. The SMILES string of the molecule is COc1cccc(C[C@@H]2NC(=O)CSC[C@@H](C(N)=O)NC(=O)CNC(=O)CNC(=O)[C@H](CCCN=C(N)N)NC(=O)[C@H](CC(=O)O)NC(=O)[C@H](CCCCN)NC(=O)[C@@H]3CCCN3C(=O)[C@H](CCCN=C(N)N)NC(=O)[C@H](Cc3ccccc3)NC(=O)[C@H](CCCN=C(N)N)NC(=O)[C@H](CC(C)C)NC2=O)c1. The Hall–Kier alpha value is -11.1. The van der Waals surface area contributed by atoms with Crippen LogP contribution in [0, 0.1) is 5.92 Å². The Bertz CT molecular complexity index is 3470. The highest BCUT2D eigenvalue weighted by Crippen LogP contribution is 2.22. The minimum absolute atomic E-state index is 0.0170. The third-order valence-electron chi connectivity index (χ3n) is 16.7. The van der Waals surface area contributed by atoms with Gasteiger partial charge in [-0.2, -0.15) is 0 Å². The fraction of sp³-hybridized carbons (Fsp3) is 0.567. The van der Waals surface area contributed by atoms with Crippen LogP contribution in [-0.4, -0.2) is 235 Å². The normalized spacial score (nSPS) is 22.9. The van der Waals surface area contributed by atoms with Crippen molar-refractivity contribution >= 4 is 112 Å². The van der Waals surface area contributed by atoms with Crippen LogP contribution in [0.4, 0.5) is 0 Å². The van der Waals surface area contributed by atoms with Gasteiger partial charge in [0.15, 0.2) is 17.9 Å². The Kier molecular flexibility index (Phi) is 38.6. The molecule has 28 N–H and O–H groups in total. The van der Waals surface area contributed by atoms with Crippen LogP contribution in [0.2, 0.25) is 0 Å². The molecule has 0 saturated carbocycles. The largest absolute Gasteiger partial charge is 0.497 e. The van der Waals surface area contributed by atoms with E-state index in [1.54, 1.807) is 68.4 Å². The second-order valence-electron chi connectivity index (χ2n) is 25.9. The van der Waals surface area contributed by atoms with Crippen LogP contribution in [0.1, 0.15) is 108 Å². The lowest BCUT2D eigenvalue weighted by molar-refractivity contribution is -0.143. The summed E-state index contributed by atoms with van der Waals surface area (Å²) in [5.74, 6) is -15.1. The molecule has 2 aliphatic heterocycles. The molecule has 0 radical (unpaired) electrons. The van der Waals surface area contributed by atoms with Crippen molar-refractivity contribution in [3.05, 3.63) is 65.7 Å². The summed E-state index contributed by atoms with van der Waals surface area (Å²) in [5, 5.41) is 38.2. The summed E-state index contributed by atoms with van der Waals surface area (Å²) in [4.78, 5) is 210. The topological polar surface area (TPSA) is 649 Å². The number of rotatable bonds is 26. The number of nitrogens with two attached hydrogens (primary N) is 8. The summed E-state index contributed by atoms with van der Waals surface area (Å²) in [6.07, 6.45) is -1.08. The van der Waals surface area contributed by atoms with E-state index in [1.165, 1.54) is 12.0 Å². The van der Waals surface area contributed by atoms with Crippen molar-refractivity contribution in [3.8, 4) is 5.75 Å². The number of carbonyl (C=O) groups excluding carboxylic acids is 13. The number of carboxylic acids is 1. The van der Waals surface area contributed by atoms with E-state index in [0.717, 1.165) is 11.8 Å². The second-order valence-corrected chi connectivity index (χ2v) is 26.9. The first-order valence-electron chi connectivity index (χ1n) is 35.1. The van der Waals surface area contributed by atoms with Crippen LogP contribution < -0.4 is 109 Å². The maximum Gasteiger partial charge on any atom is 0.305 e. The quantitative estimate of drug-likeness (QED) is 0.0236. The predicted octanol–water partition coefficient (Wildman–Crippen LogP) is -6.89. The maximum absolute atomic E-state index is 15.1. The number of amides is 13. The van der Waals surface area contributed by atoms with Crippen LogP contribution in [0.15, 0.2) is 69.6 Å². The highest BCUT2D eigenvalue weighted by Gasteiger charge is 2.41. The lowest BCUT2D eigenvalue weighted by atomic mass is 10.00. The number of thioether (sulfide) groups is 1. The van der Waals surface area contributed by atoms with E-state index in [1.807, 2.05) is 0 Å². The van der Waals surface area contributed by atoms with Crippen LogP contribution in [-0.2, 0) is 80.0 Å². The zero-order valence-electron chi connectivity index (χ0n) is 60.4. The van der Waals surface area contributed by atoms with Gasteiger partial charge in [0, 0.05) is 44.8 Å². The number of carbonyl (C=O) groups is 14. The number of ether oxygens (including phenoxy) is 1. The summed E-state index contributed by atoms with van der Waals surface area (Å²) in [7, 11) is 1.43. The number of aliphatic imine (C=N–C) groups is 3. The Labute approximate surface area is 623 Å². The average Bonchev–Trinajstić information content (AvgIpc) is 1.80. The number of methoxy groups -OCH3 is 1. The van der Waals surface area contributed by atoms with E-state index >= 15 is 9.59 Å². The number of aliphatic carboxylic acids is 1. The monoisotopic (exact) mass is 1520 g/mol. The standard InChI is InChI=1S/C67H105N23O16S/c1-37(2)28-45-59(100)84-43(20-11-25-77-66(72)73)58(99)88-47(30-38-14-5-4-6-15-38)61(102)86-44(21-12-26-78-67(74)75)64(105)90-27-13-22-50(90)63(104)85-42(18-7-8-23-68)57(98)89-48(32-54(94)95)62(103)83-41(19-10-24-76-65(70)71)56(97)80-33-51(91)79-34-52(92)82-49(55(69)96)35-107-36-53(93)81-46(60(101)87-45)31-39-16-9-17-40(29-39)106-3/h4-6,9,14-17,29,37,41-50H,7-8,10-13,18-28,30-36,68H2,1-3H3,(H2,69,96)(H,79,91)(H,80,97)(H,81,93)(H,82,92)(H,83,103)(H,84,100)(H,85,104)(H,86,102)(H,87,101)(H,88,99)(H,89,98)(H,94,95)(H4,70,71,76)(H4,72,73,77)(H4,74,75,78)/t41-,42-,43-,44-,45-,46-,47-,48-,49-,50-/m0/s1. The summed E-state index contributed by atoms with van der Waals surface area (Å²) in [6, 6.07) is 0.141. The lowest BCUT2D eigenvalue weighted by Gasteiger charge is -2.31. The number of unbranched alkanes of at least 4 members (excludes halogenated alkanes) is 1. The molecule has 2 aromatic rings. The highest BCUT2D eigenvalue weighted by atomic mass is 32.2. The minimum atomic E-state index is -1.92. The molecular weight excluding hydrogens is 1410 g/mol. The van der Waals surface area contributed by atoms with Crippen molar-refractivity contribution in [2.45, 2.75) is 171 Å². The molecule has 2 aliphatic rings. The first-order valence-corrected chi connectivity index (χ1v) is 36.2. The molecule has 2 fully saturated rings. The molecule has 10 atom stereocenters. The van der Waals surface area contributed by atoms with Gasteiger partial charge in [-0.05, 0) is 113 Å². The molecule has 0 aliphatic carbocycles. The van der Waals surface area contributed by atoms with Crippen molar-refractivity contribution in [2.75, 3.05) is 64.4 Å². The number of fused-ring (bicyclic) bond motifs is 1. The van der Waals surface area contributed by atoms with E-state index in [0.29, 0.717) is 23.3 Å². The molecule has 40 heteroatoms. The number of guanidine groups is 3. The number of nitrogens with one attached hydrogen (secondary N) is 11. The van der Waals surface area contributed by atoms with E-state index in [-0.39, 0.29) is 146 Å². The van der Waals surface area contributed by atoms with Crippen LogP contribution in [0.3, 0.4) is 0 Å². The van der Waals surface area contributed by atoms with Crippen LogP contribution >= 0.6 is 11.8 Å². The van der Waals surface area contributed by atoms with Gasteiger partial charge in [0.1, 0.15) is 66.2 Å². The Morgan fingerprint density at radius 3 is 1.57 bits per heavy atom. The smallest absolute Gasteiger partial charge is 0.305 e. The summed E-state index contributed by atoms with van der Waals surface area (Å²) < 4.78 is 5.41. The van der Waals surface area contributed by atoms with Gasteiger partial charge in [-0.1, -0.05) is 56.3 Å². The molecule has 0 aromatic heterocycles. The number of primary amides is 1. The highest BCUT2D eigenvalue weighted by molar-refractivity contribution is 8.00. The van der Waals surface area contributed by atoms with Gasteiger partial charge >= 0.3 is 5.97 Å². The van der Waals surface area contributed by atoms with Gasteiger partial charge in [0.2, 0.25) is 76.8 Å². The van der Waals surface area contributed by atoms with Crippen LogP contribution in [0.25, 0.3) is 0 Å². The lowest BCUT2D eigenvalue weighted by Crippen LogP contribution is -2.60. The van der Waals surface area contributed by atoms with Crippen molar-refractivity contribution in [1.82, 2.24) is 63.4 Å². The first-order chi connectivity index (χ1) is 50.9. The molecule has 0 unspecified atom stereocenters. The van der Waals surface area contributed by atoms with Gasteiger partial charge in [-0.15, -0.1) is 11.8 Å². The van der Waals surface area contributed by atoms with Crippen molar-refractivity contribution in [3.63, 3.8) is 0 Å². The van der Waals surface area contributed by atoms with Gasteiger partial charge in [-0.25, -0.2) is 0 Å². The fourth-order valence-corrected chi connectivity index (χ4v) is 12.2. The van der Waals surface area contributed by atoms with E-state index < -0.39 is 168 Å². The Morgan fingerprint density at radius 1 is 0.533 bits per heavy atom. The molecule has 39 nitrogen and oxygen atoms in total. The van der Waals surface area contributed by atoms with Crippen molar-refractivity contribution < 1.29 is 77.0 Å². The zero-order valence-corrected chi connectivity index (χ0v) is 61.2. The molecule has 590 valence electrons. The molecule has 13 amide bonds. The molecule has 0 bridgehead atoms. The van der Waals surface area contributed by atoms with Gasteiger partial charge < -0.3 is 119 Å². The molecule has 2 saturated heterocycles. The molecule has 107 heavy (non-hydrogen) atoms. The number of hydrogen-bond donors (Lipinski definition) is 20. The second kappa shape index (κ2) is 46.7. The van der Waals surface area contributed by atoms with Gasteiger partial charge in [-0.3, -0.25) is 82.1 Å². The first kappa shape index (κ1) is 88.3. The van der Waals surface area contributed by atoms with E-state index in [4.69, 9.17) is 50.6 Å². The molecule has 4 rings (SSSR count). The van der Waals surface area contributed by atoms with Gasteiger partial charge in [0.05, 0.1) is 32.4 Å². The third-order valence-corrected chi connectivity index (χ3v) is 17.7. The number of hydrogen-bond acceptors (Lipinski definition) is 20.